The van der Waals surface area contributed by atoms with E-state index in [1.807, 2.05) is 0 Å². The van der Waals surface area contributed by atoms with Gasteiger partial charge >= 0.3 is 12.1 Å². The third-order valence-corrected chi connectivity index (χ3v) is 2.19. The highest BCUT2D eigenvalue weighted by Crippen LogP contribution is 2.27. The normalized spacial score (nSPS) is 11.4. The number of aromatic amines is 1. The van der Waals surface area contributed by atoms with Crippen LogP contribution in [0.2, 0.25) is 0 Å². The molecule has 2 aromatic heterocycles. The number of ether oxygens (including phenoxy) is 1. The molecule has 0 spiro atoms. The number of hydrogen-bond acceptors (Lipinski definition) is 5. The summed E-state index contributed by atoms with van der Waals surface area (Å²) in [4.78, 5) is 18.0. The number of nitrogens with one attached hydrogen (secondary N) is 1. The third kappa shape index (κ3) is 2.69. The Morgan fingerprint density at radius 2 is 2.00 bits per heavy atom. The number of hydrogen-bond donors (Lipinski definition) is 1. The van der Waals surface area contributed by atoms with Crippen LogP contribution in [0.3, 0.4) is 0 Å². The predicted molar refractivity (Wildman–Crippen MR) is 56.0 cm³/mol. The molecule has 19 heavy (non-hydrogen) atoms. The lowest BCUT2D eigenvalue weighted by molar-refractivity contribution is -0.141. The van der Waals surface area contributed by atoms with Crippen LogP contribution >= 0.6 is 0 Å². The first-order chi connectivity index (χ1) is 8.91. The summed E-state index contributed by atoms with van der Waals surface area (Å²) in [6.07, 6.45) is -3.02. The van der Waals surface area contributed by atoms with Gasteiger partial charge in [-0.15, -0.1) is 0 Å². The molecule has 0 aliphatic carbocycles. The molecule has 9 heteroatoms. The highest BCUT2D eigenvalue weighted by atomic mass is 19.4. The van der Waals surface area contributed by atoms with Crippen LogP contribution in [0.15, 0.2) is 18.5 Å². The molecule has 0 aliphatic heterocycles. The maximum Gasteiger partial charge on any atom is 0.434 e. The molecule has 6 nitrogen and oxygen atoms in total. The van der Waals surface area contributed by atoms with Crippen LogP contribution < -0.4 is 0 Å². The standard InChI is InChI=1S/C10H7F3N4O2/c1-19-9(18)6-2-5(16-17-6)7-3-15-8(4-14-7)10(11,12)13/h2-4H,1H3,(H,16,17). The molecule has 0 aliphatic rings. The summed E-state index contributed by atoms with van der Waals surface area (Å²) in [6.45, 7) is 0. The monoisotopic (exact) mass is 272 g/mol. The lowest BCUT2D eigenvalue weighted by Crippen LogP contribution is -2.08. The summed E-state index contributed by atoms with van der Waals surface area (Å²) in [5, 5.41) is 6.12. The van der Waals surface area contributed by atoms with Gasteiger partial charge in [-0.05, 0) is 0 Å². The van der Waals surface area contributed by atoms with Gasteiger partial charge in [0.2, 0.25) is 0 Å². The first-order valence-electron chi connectivity index (χ1n) is 4.95. The van der Waals surface area contributed by atoms with Gasteiger partial charge in [0.15, 0.2) is 5.69 Å². The third-order valence-electron chi connectivity index (χ3n) is 2.19. The Labute approximate surface area is 104 Å². The van der Waals surface area contributed by atoms with E-state index in [2.05, 4.69) is 24.9 Å². The molecular formula is C10H7F3N4O2. The molecule has 0 aromatic carbocycles. The molecule has 0 fully saturated rings. The maximum atomic E-state index is 12.3. The fourth-order valence-electron chi connectivity index (χ4n) is 1.27. The minimum Gasteiger partial charge on any atom is -0.464 e. The Balaban J connectivity index is 2.28. The van der Waals surface area contributed by atoms with Crippen molar-refractivity contribution in [3.8, 4) is 11.4 Å². The molecule has 2 aromatic rings. The van der Waals surface area contributed by atoms with Crippen LogP contribution in [0.4, 0.5) is 13.2 Å². The van der Waals surface area contributed by atoms with E-state index in [0.717, 1.165) is 6.20 Å². The number of rotatable bonds is 2. The summed E-state index contributed by atoms with van der Waals surface area (Å²) in [5.41, 5.74) is -0.722. The number of nitrogens with zero attached hydrogens (tertiary/aromatic N) is 3. The van der Waals surface area contributed by atoms with E-state index in [1.165, 1.54) is 13.2 Å². The van der Waals surface area contributed by atoms with E-state index in [-0.39, 0.29) is 17.1 Å². The number of halogens is 3. The molecule has 2 rings (SSSR count). The smallest absolute Gasteiger partial charge is 0.434 e. The zero-order valence-electron chi connectivity index (χ0n) is 9.52. The van der Waals surface area contributed by atoms with Crippen molar-refractivity contribution < 1.29 is 22.7 Å². The Morgan fingerprint density at radius 1 is 1.26 bits per heavy atom. The summed E-state index contributed by atoms with van der Waals surface area (Å²) >= 11 is 0. The van der Waals surface area contributed by atoms with Gasteiger partial charge in [0.25, 0.3) is 0 Å². The second-order valence-electron chi connectivity index (χ2n) is 3.44. The molecule has 0 atom stereocenters. The van der Waals surface area contributed by atoms with Gasteiger partial charge in [-0.1, -0.05) is 0 Å². The molecule has 0 amide bonds. The second kappa shape index (κ2) is 4.67. The topological polar surface area (TPSA) is 80.8 Å². The Morgan fingerprint density at radius 3 is 2.53 bits per heavy atom. The number of esters is 1. The van der Waals surface area contributed by atoms with Crippen molar-refractivity contribution in [2.75, 3.05) is 7.11 Å². The zero-order chi connectivity index (χ0) is 14.0. The van der Waals surface area contributed by atoms with E-state index in [1.54, 1.807) is 0 Å². The quantitative estimate of drug-likeness (QED) is 0.841. The molecule has 100 valence electrons. The van der Waals surface area contributed by atoms with Crippen LogP contribution in [0.1, 0.15) is 16.2 Å². The van der Waals surface area contributed by atoms with E-state index < -0.39 is 17.8 Å². The minimum atomic E-state index is -4.55. The van der Waals surface area contributed by atoms with Crippen LogP contribution in [0.5, 0.6) is 0 Å². The van der Waals surface area contributed by atoms with E-state index in [9.17, 15) is 18.0 Å². The number of alkyl halides is 3. The van der Waals surface area contributed by atoms with Crippen molar-refractivity contribution in [1.82, 2.24) is 20.2 Å². The summed E-state index contributed by atoms with van der Waals surface area (Å²) in [5.74, 6) is -0.640. The number of carbonyl (C=O) groups excluding carboxylic acids is 1. The van der Waals surface area contributed by atoms with Gasteiger partial charge in [0.05, 0.1) is 19.5 Å². The molecule has 0 saturated heterocycles. The molecule has 2 heterocycles. The lowest BCUT2D eigenvalue weighted by atomic mass is 10.3. The largest absolute Gasteiger partial charge is 0.464 e. The van der Waals surface area contributed by atoms with Crippen molar-refractivity contribution in [2.45, 2.75) is 6.18 Å². The van der Waals surface area contributed by atoms with Crippen molar-refractivity contribution in [3.05, 3.63) is 29.8 Å². The Hall–Kier alpha value is -2.45. The average Bonchev–Trinajstić information content (AvgIpc) is 2.86. The second-order valence-corrected chi connectivity index (χ2v) is 3.44. The highest BCUT2D eigenvalue weighted by molar-refractivity contribution is 5.88. The van der Waals surface area contributed by atoms with Crippen LogP contribution in [0.25, 0.3) is 11.4 Å². The molecule has 0 saturated carbocycles. The predicted octanol–water partition coefficient (Wildman–Crippen LogP) is 1.67. The molecule has 0 unspecified atom stereocenters. The summed E-state index contributed by atoms with van der Waals surface area (Å²) in [7, 11) is 1.20. The first-order valence-corrected chi connectivity index (χ1v) is 4.95. The molecular weight excluding hydrogens is 265 g/mol. The Bertz CT molecular complexity index is 592. The van der Waals surface area contributed by atoms with Crippen LogP contribution in [-0.2, 0) is 10.9 Å². The number of aromatic nitrogens is 4. The van der Waals surface area contributed by atoms with E-state index in [4.69, 9.17) is 0 Å². The van der Waals surface area contributed by atoms with Gasteiger partial charge in [-0.25, -0.2) is 9.78 Å². The fraction of sp³-hybridized carbons (Fsp3) is 0.200. The van der Waals surface area contributed by atoms with Gasteiger partial charge in [0, 0.05) is 6.07 Å². The van der Waals surface area contributed by atoms with Gasteiger partial charge < -0.3 is 4.74 Å². The highest BCUT2D eigenvalue weighted by Gasteiger charge is 2.32. The molecule has 0 radical (unpaired) electrons. The van der Waals surface area contributed by atoms with Crippen molar-refractivity contribution >= 4 is 5.97 Å². The molecule has 0 bridgehead atoms. The van der Waals surface area contributed by atoms with Gasteiger partial charge in [-0.2, -0.15) is 18.3 Å². The maximum absolute atomic E-state index is 12.3. The summed E-state index contributed by atoms with van der Waals surface area (Å²) < 4.78 is 41.3. The minimum absolute atomic E-state index is 0.0687. The number of carbonyl (C=O) groups is 1. The average molecular weight is 272 g/mol. The van der Waals surface area contributed by atoms with Crippen molar-refractivity contribution in [3.63, 3.8) is 0 Å². The van der Waals surface area contributed by atoms with Crippen molar-refractivity contribution in [1.29, 1.82) is 0 Å². The van der Waals surface area contributed by atoms with E-state index >= 15 is 0 Å². The first kappa shape index (κ1) is 13.0. The zero-order valence-corrected chi connectivity index (χ0v) is 9.52. The van der Waals surface area contributed by atoms with Gasteiger partial charge in [-0.3, -0.25) is 10.1 Å². The van der Waals surface area contributed by atoms with Crippen molar-refractivity contribution in [2.24, 2.45) is 0 Å². The van der Waals surface area contributed by atoms with Crippen LogP contribution in [0, 0.1) is 0 Å². The fourth-order valence-corrected chi connectivity index (χ4v) is 1.27. The summed E-state index contributed by atoms with van der Waals surface area (Å²) in [6, 6.07) is 1.31. The van der Waals surface area contributed by atoms with E-state index in [0.29, 0.717) is 6.20 Å². The molecule has 1 N–H and O–H groups in total. The Kier molecular flexibility index (Phi) is 3.19. The number of H-pyrrole nitrogens is 1. The van der Waals surface area contributed by atoms with Gasteiger partial charge in [0.1, 0.15) is 17.1 Å². The SMILES string of the molecule is COC(=O)c1cc(-c2cnc(C(F)(F)F)cn2)n[nH]1. The lowest BCUT2D eigenvalue weighted by Gasteiger charge is -2.04. The number of methoxy groups -OCH3 is 1. The van der Waals surface area contributed by atoms with Crippen LogP contribution in [-0.4, -0.2) is 33.2 Å².